The highest BCUT2D eigenvalue weighted by atomic mass is 32.2. The van der Waals surface area contributed by atoms with E-state index in [9.17, 15) is 13.7 Å². The first-order chi connectivity index (χ1) is 8.39. The number of piperidine rings is 1. The molecule has 1 aliphatic heterocycles. The largest absolute Gasteiger partial charge is 0.280 e. The molecule has 1 heterocycles. The first-order valence-corrected chi connectivity index (χ1v) is 8.03. The normalized spacial score (nSPS) is 19.7. The highest BCUT2D eigenvalue weighted by Crippen LogP contribution is 2.21. The third-order valence-corrected chi connectivity index (χ3v) is 5.52. The summed E-state index contributed by atoms with van der Waals surface area (Å²) in [6.07, 6.45) is 2.73. The van der Waals surface area contributed by atoms with Gasteiger partial charge >= 0.3 is 0 Å². The predicted octanol–water partition coefficient (Wildman–Crippen LogP) is 1.64. The first kappa shape index (κ1) is 15.4. The summed E-state index contributed by atoms with van der Waals surface area (Å²) in [7, 11) is -3.54. The summed E-state index contributed by atoms with van der Waals surface area (Å²) in [5, 5.41) is 9.18. The zero-order valence-electron chi connectivity index (χ0n) is 11.4. The number of nitrogens with one attached hydrogen (secondary N) is 1. The average molecular weight is 273 g/mol. The van der Waals surface area contributed by atoms with Crippen LogP contribution in [0.25, 0.3) is 0 Å². The van der Waals surface area contributed by atoms with E-state index in [1.807, 2.05) is 13.8 Å². The molecule has 0 aliphatic carbocycles. The van der Waals surface area contributed by atoms with E-state index in [0.717, 1.165) is 12.8 Å². The number of hydrogen-bond donors (Lipinski definition) is 1. The van der Waals surface area contributed by atoms with E-state index < -0.39 is 15.7 Å². The third-order valence-electron chi connectivity index (χ3n) is 3.83. The highest BCUT2D eigenvalue weighted by molar-refractivity contribution is 7.87. The number of hydrogen-bond acceptors (Lipinski definition) is 3. The van der Waals surface area contributed by atoms with Crippen molar-refractivity contribution in [2.24, 2.45) is 5.92 Å². The van der Waals surface area contributed by atoms with Crippen molar-refractivity contribution in [1.29, 1.82) is 5.26 Å². The van der Waals surface area contributed by atoms with Crippen LogP contribution < -0.4 is 4.72 Å². The van der Waals surface area contributed by atoms with Crippen molar-refractivity contribution in [2.45, 2.75) is 52.0 Å². The Kier molecular flexibility index (Phi) is 5.14. The Bertz CT molecular complexity index is 402. The van der Waals surface area contributed by atoms with Crippen molar-refractivity contribution in [1.82, 2.24) is 9.03 Å². The Hall–Kier alpha value is -0.640. The van der Waals surface area contributed by atoms with Crippen LogP contribution in [0.2, 0.25) is 0 Å². The van der Waals surface area contributed by atoms with Gasteiger partial charge in [0.1, 0.15) is 5.54 Å². The SMILES string of the molecule is CCC(C#N)(CC)NS(=O)(=O)N1CCC(C)CC1. The zero-order chi connectivity index (χ0) is 13.8. The maximum atomic E-state index is 12.2. The van der Waals surface area contributed by atoms with Crippen LogP contribution in [0, 0.1) is 17.2 Å². The summed E-state index contributed by atoms with van der Waals surface area (Å²) >= 11 is 0. The molecular formula is C12H23N3O2S. The van der Waals surface area contributed by atoms with Gasteiger partial charge in [-0.2, -0.15) is 22.7 Å². The molecule has 1 fully saturated rings. The number of nitrogens with zero attached hydrogens (tertiary/aromatic N) is 2. The van der Waals surface area contributed by atoms with Crippen LogP contribution in [-0.4, -0.2) is 31.4 Å². The molecule has 1 rings (SSSR count). The minimum atomic E-state index is -3.54. The van der Waals surface area contributed by atoms with Crippen LogP contribution in [0.4, 0.5) is 0 Å². The summed E-state index contributed by atoms with van der Waals surface area (Å²) in [4.78, 5) is 0. The molecule has 0 atom stereocenters. The lowest BCUT2D eigenvalue weighted by molar-refractivity contribution is 0.279. The Labute approximate surface area is 110 Å². The molecule has 18 heavy (non-hydrogen) atoms. The van der Waals surface area contributed by atoms with E-state index in [-0.39, 0.29) is 0 Å². The van der Waals surface area contributed by atoms with Gasteiger partial charge in [0.2, 0.25) is 0 Å². The quantitative estimate of drug-likeness (QED) is 0.827. The summed E-state index contributed by atoms with van der Waals surface area (Å²) in [5.41, 5.74) is -0.970. The Morgan fingerprint density at radius 3 is 2.22 bits per heavy atom. The van der Waals surface area contributed by atoms with E-state index in [0.29, 0.717) is 31.8 Å². The fourth-order valence-electron chi connectivity index (χ4n) is 2.11. The first-order valence-electron chi connectivity index (χ1n) is 6.59. The third kappa shape index (κ3) is 3.44. The molecule has 1 aliphatic rings. The van der Waals surface area contributed by atoms with Crippen LogP contribution in [0.1, 0.15) is 46.5 Å². The number of nitriles is 1. The lowest BCUT2D eigenvalue weighted by Gasteiger charge is -2.33. The molecule has 0 saturated carbocycles. The second kappa shape index (κ2) is 6.00. The zero-order valence-corrected chi connectivity index (χ0v) is 12.3. The second-order valence-corrected chi connectivity index (χ2v) is 6.76. The maximum absolute atomic E-state index is 12.2. The molecule has 104 valence electrons. The molecule has 1 saturated heterocycles. The monoisotopic (exact) mass is 273 g/mol. The standard InChI is InChI=1S/C12H23N3O2S/c1-4-12(5-2,10-13)14-18(16,17)15-8-6-11(3)7-9-15/h11,14H,4-9H2,1-3H3. The van der Waals surface area contributed by atoms with E-state index >= 15 is 0 Å². The molecule has 5 nitrogen and oxygen atoms in total. The van der Waals surface area contributed by atoms with Crippen molar-refractivity contribution in [3.8, 4) is 6.07 Å². The van der Waals surface area contributed by atoms with Gasteiger partial charge in [-0.25, -0.2) is 0 Å². The topological polar surface area (TPSA) is 73.2 Å². The van der Waals surface area contributed by atoms with Gasteiger partial charge in [-0.1, -0.05) is 20.8 Å². The van der Waals surface area contributed by atoms with E-state index in [2.05, 4.69) is 17.7 Å². The summed E-state index contributed by atoms with van der Waals surface area (Å²) in [6, 6.07) is 2.10. The molecule has 0 bridgehead atoms. The van der Waals surface area contributed by atoms with Gasteiger partial charge in [-0.3, -0.25) is 0 Å². The molecule has 6 heteroatoms. The molecule has 0 amide bonds. The van der Waals surface area contributed by atoms with Gasteiger partial charge < -0.3 is 0 Å². The predicted molar refractivity (Wildman–Crippen MR) is 71.0 cm³/mol. The molecule has 0 aromatic rings. The molecular weight excluding hydrogens is 250 g/mol. The maximum Gasteiger partial charge on any atom is 0.280 e. The molecule has 0 aromatic carbocycles. The van der Waals surface area contributed by atoms with E-state index in [1.54, 1.807) is 0 Å². The molecule has 0 spiro atoms. The average Bonchev–Trinajstić information content (AvgIpc) is 2.37. The molecule has 0 unspecified atom stereocenters. The fourth-order valence-corrected chi connectivity index (χ4v) is 3.76. The molecule has 0 aromatic heterocycles. The Balaban J connectivity index is 2.79. The van der Waals surface area contributed by atoms with Crippen LogP contribution in [0.3, 0.4) is 0 Å². The van der Waals surface area contributed by atoms with Gasteiger partial charge in [0, 0.05) is 13.1 Å². The molecule has 1 N–H and O–H groups in total. The van der Waals surface area contributed by atoms with Crippen molar-refractivity contribution in [3.05, 3.63) is 0 Å². The van der Waals surface area contributed by atoms with Crippen molar-refractivity contribution in [2.75, 3.05) is 13.1 Å². The van der Waals surface area contributed by atoms with Crippen LogP contribution in [0.5, 0.6) is 0 Å². The van der Waals surface area contributed by atoms with Gasteiger partial charge in [-0.15, -0.1) is 0 Å². The van der Waals surface area contributed by atoms with Gasteiger partial charge in [0.05, 0.1) is 6.07 Å². The Morgan fingerprint density at radius 1 is 1.33 bits per heavy atom. The lowest BCUT2D eigenvalue weighted by atomic mass is 9.97. The highest BCUT2D eigenvalue weighted by Gasteiger charge is 2.35. The second-order valence-electron chi connectivity index (χ2n) is 5.09. The molecule has 0 radical (unpaired) electrons. The smallest absolute Gasteiger partial charge is 0.196 e. The summed E-state index contributed by atoms with van der Waals surface area (Å²) in [5.74, 6) is 0.578. The van der Waals surface area contributed by atoms with Crippen LogP contribution in [-0.2, 0) is 10.2 Å². The summed E-state index contributed by atoms with van der Waals surface area (Å²) in [6.45, 7) is 6.88. The van der Waals surface area contributed by atoms with Gasteiger partial charge in [0.15, 0.2) is 0 Å². The Morgan fingerprint density at radius 2 is 1.83 bits per heavy atom. The minimum Gasteiger partial charge on any atom is -0.196 e. The van der Waals surface area contributed by atoms with Crippen molar-refractivity contribution in [3.63, 3.8) is 0 Å². The van der Waals surface area contributed by atoms with Crippen molar-refractivity contribution >= 4 is 10.2 Å². The summed E-state index contributed by atoms with van der Waals surface area (Å²) < 4.78 is 28.5. The minimum absolute atomic E-state index is 0.476. The van der Waals surface area contributed by atoms with Gasteiger partial charge in [0.25, 0.3) is 10.2 Å². The van der Waals surface area contributed by atoms with E-state index in [1.165, 1.54) is 4.31 Å². The fraction of sp³-hybridized carbons (Fsp3) is 0.917. The van der Waals surface area contributed by atoms with Crippen molar-refractivity contribution < 1.29 is 8.42 Å². The van der Waals surface area contributed by atoms with E-state index in [4.69, 9.17) is 0 Å². The van der Waals surface area contributed by atoms with Crippen LogP contribution in [0.15, 0.2) is 0 Å². The van der Waals surface area contributed by atoms with Gasteiger partial charge in [-0.05, 0) is 31.6 Å². The number of rotatable bonds is 5. The lowest BCUT2D eigenvalue weighted by Crippen LogP contribution is -2.53. The van der Waals surface area contributed by atoms with Crippen LogP contribution >= 0.6 is 0 Å².